The molecule has 1 saturated heterocycles. The topological polar surface area (TPSA) is 70.0 Å². The number of hydrogen-bond acceptors (Lipinski definition) is 5. The fourth-order valence-electron chi connectivity index (χ4n) is 4.27. The molecule has 0 bridgehead atoms. The summed E-state index contributed by atoms with van der Waals surface area (Å²) >= 11 is 1.68. The average molecular weight is 430 g/mol. The van der Waals surface area contributed by atoms with Crippen molar-refractivity contribution < 1.29 is 13.2 Å². The van der Waals surface area contributed by atoms with Gasteiger partial charge in [0.25, 0.3) is 10.0 Å². The smallest absolute Gasteiger partial charge is 0.285 e. The molecule has 2 aliphatic heterocycles. The number of carbonyl (C=O) groups excluding carboxylic acids is 1. The van der Waals surface area contributed by atoms with Crippen LogP contribution in [0.2, 0.25) is 0 Å². The maximum Gasteiger partial charge on any atom is 0.285 e. The number of likely N-dealkylation sites (tertiary alicyclic amines) is 1. The van der Waals surface area contributed by atoms with E-state index < -0.39 is 10.0 Å². The largest absolute Gasteiger partial charge is 0.355 e. The summed E-state index contributed by atoms with van der Waals surface area (Å²) in [5.74, 6) is 0.567. The van der Waals surface area contributed by atoms with Gasteiger partial charge in [-0.2, -0.15) is 8.42 Å². The van der Waals surface area contributed by atoms with E-state index in [0.717, 1.165) is 32.2 Å². The molecule has 1 amide bonds. The highest BCUT2D eigenvalue weighted by atomic mass is 32.2. The molecule has 8 heteroatoms. The second kappa shape index (κ2) is 7.25. The van der Waals surface area contributed by atoms with E-state index in [-0.39, 0.29) is 16.7 Å². The highest BCUT2D eigenvalue weighted by Gasteiger charge is 2.39. The van der Waals surface area contributed by atoms with E-state index in [2.05, 4.69) is 10.5 Å². The van der Waals surface area contributed by atoms with Gasteiger partial charge in [0.1, 0.15) is 4.90 Å². The molecule has 2 fully saturated rings. The van der Waals surface area contributed by atoms with Gasteiger partial charge in [-0.15, -0.1) is 15.7 Å². The number of benzene rings is 1. The normalized spacial score (nSPS) is 22.8. The first-order chi connectivity index (χ1) is 14.0. The van der Waals surface area contributed by atoms with E-state index >= 15 is 0 Å². The lowest BCUT2D eigenvalue weighted by Crippen LogP contribution is -2.47. The number of sulfonamides is 1. The summed E-state index contributed by atoms with van der Waals surface area (Å²) in [5.41, 5.74) is 0.651. The van der Waals surface area contributed by atoms with Gasteiger partial charge in [-0.1, -0.05) is 18.2 Å². The van der Waals surface area contributed by atoms with Crippen LogP contribution < -0.4 is 0 Å². The van der Waals surface area contributed by atoms with E-state index in [1.807, 2.05) is 27.3 Å². The summed E-state index contributed by atoms with van der Waals surface area (Å²) in [4.78, 5) is 18.9. The van der Waals surface area contributed by atoms with Gasteiger partial charge < -0.3 is 9.80 Å². The van der Waals surface area contributed by atoms with Gasteiger partial charge in [-0.3, -0.25) is 4.79 Å². The lowest BCUT2D eigenvalue weighted by molar-refractivity contribution is -0.138. The number of amidine groups is 1. The van der Waals surface area contributed by atoms with Crippen molar-refractivity contribution in [2.45, 2.75) is 43.2 Å². The Bertz CT molecular complexity index is 1060. The van der Waals surface area contributed by atoms with Gasteiger partial charge in [-0.25, -0.2) is 0 Å². The van der Waals surface area contributed by atoms with Crippen molar-refractivity contribution in [3.8, 4) is 0 Å². The molecular weight excluding hydrogens is 406 g/mol. The molecule has 2 aromatic rings. The fourth-order valence-corrected chi connectivity index (χ4v) is 6.20. The van der Waals surface area contributed by atoms with Crippen molar-refractivity contribution in [2.75, 3.05) is 13.1 Å². The number of piperidine rings is 1. The minimum absolute atomic E-state index is 0.123. The third kappa shape index (κ3) is 3.59. The summed E-state index contributed by atoms with van der Waals surface area (Å²) in [6.45, 7) is 1.92. The minimum Gasteiger partial charge on any atom is -0.355 e. The fraction of sp³-hybridized carbons (Fsp3) is 0.429. The molecule has 5 rings (SSSR count). The second-order valence-corrected chi connectivity index (χ2v) is 10.6. The molecule has 1 aromatic heterocycles. The van der Waals surface area contributed by atoms with E-state index in [9.17, 15) is 13.2 Å². The molecule has 6 nitrogen and oxygen atoms in total. The van der Waals surface area contributed by atoms with E-state index in [0.29, 0.717) is 30.5 Å². The molecule has 1 saturated carbocycles. The lowest BCUT2D eigenvalue weighted by atomic mass is 9.95. The van der Waals surface area contributed by atoms with Crippen LogP contribution in [0.4, 0.5) is 0 Å². The SMILES string of the molecule is O=C(C1CCCN(C2=NS(=O)(=O)c3ccccc32)C1)N(Cc1cccs1)C1CC1. The molecule has 152 valence electrons. The van der Waals surface area contributed by atoms with Crippen LogP contribution in [0.3, 0.4) is 0 Å². The number of rotatable bonds is 4. The van der Waals surface area contributed by atoms with E-state index in [1.165, 1.54) is 4.88 Å². The van der Waals surface area contributed by atoms with Crippen LogP contribution in [0, 0.1) is 5.92 Å². The van der Waals surface area contributed by atoms with Crippen LogP contribution in [-0.2, 0) is 21.4 Å². The number of nitrogens with zero attached hydrogens (tertiary/aromatic N) is 3. The molecule has 0 radical (unpaired) electrons. The summed E-state index contributed by atoms with van der Waals surface area (Å²) in [5, 5.41) is 2.04. The Hall–Kier alpha value is -2.19. The summed E-state index contributed by atoms with van der Waals surface area (Å²) in [7, 11) is -3.64. The molecular formula is C21H23N3O3S2. The van der Waals surface area contributed by atoms with Gasteiger partial charge in [0.2, 0.25) is 5.91 Å². The molecule has 1 aliphatic carbocycles. The third-order valence-electron chi connectivity index (χ3n) is 5.86. The zero-order chi connectivity index (χ0) is 20.0. The molecule has 29 heavy (non-hydrogen) atoms. The van der Waals surface area contributed by atoms with Crippen molar-refractivity contribution >= 4 is 33.1 Å². The van der Waals surface area contributed by atoms with Crippen LogP contribution in [0.5, 0.6) is 0 Å². The first kappa shape index (κ1) is 18.8. The van der Waals surface area contributed by atoms with Crippen molar-refractivity contribution in [3.63, 3.8) is 0 Å². The predicted octanol–water partition coefficient (Wildman–Crippen LogP) is 3.10. The molecule has 1 atom stereocenters. The Morgan fingerprint density at radius 1 is 1.17 bits per heavy atom. The number of hydrogen-bond donors (Lipinski definition) is 0. The van der Waals surface area contributed by atoms with Gasteiger partial charge >= 0.3 is 0 Å². The Kier molecular flexibility index (Phi) is 4.70. The number of thiophene rings is 1. The van der Waals surface area contributed by atoms with Crippen molar-refractivity contribution in [3.05, 3.63) is 52.2 Å². The maximum absolute atomic E-state index is 13.4. The second-order valence-electron chi connectivity index (χ2n) is 7.95. The molecule has 3 heterocycles. The molecule has 3 aliphatic rings. The van der Waals surface area contributed by atoms with Crippen LogP contribution in [-0.4, -0.2) is 49.1 Å². The van der Waals surface area contributed by atoms with E-state index in [4.69, 9.17) is 0 Å². The number of amides is 1. The van der Waals surface area contributed by atoms with Crippen molar-refractivity contribution in [1.29, 1.82) is 0 Å². The molecule has 1 unspecified atom stereocenters. The molecule has 0 spiro atoms. The number of carbonyl (C=O) groups is 1. The predicted molar refractivity (Wildman–Crippen MR) is 112 cm³/mol. The van der Waals surface area contributed by atoms with Crippen molar-refractivity contribution in [1.82, 2.24) is 9.80 Å². The summed E-state index contributed by atoms with van der Waals surface area (Å²) in [6.07, 6.45) is 3.84. The van der Waals surface area contributed by atoms with Crippen LogP contribution in [0.15, 0.2) is 51.1 Å². The standard InChI is InChI=1S/C21H23N3O3S2/c25-21(24(16-9-10-16)14-17-6-4-12-28-17)15-5-3-11-23(13-15)20-18-7-1-2-8-19(18)29(26,27)22-20/h1-2,4,6-8,12,15-16H,3,5,9-11,13-14H2. The highest BCUT2D eigenvalue weighted by molar-refractivity contribution is 7.90. The van der Waals surface area contributed by atoms with Crippen LogP contribution in [0.1, 0.15) is 36.1 Å². The van der Waals surface area contributed by atoms with Crippen molar-refractivity contribution in [2.24, 2.45) is 10.3 Å². The third-order valence-corrected chi connectivity index (χ3v) is 8.05. The van der Waals surface area contributed by atoms with Crippen LogP contribution in [0.25, 0.3) is 0 Å². The zero-order valence-corrected chi connectivity index (χ0v) is 17.7. The quantitative estimate of drug-likeness (QED) is 0.749. The molecule has 0 N–H and O–H groups in total. The van der Waals surface area contributed by atoms with Gasteiger partial charge in [0, 0.05) is 29.6 Å². The number of fused-ring (bicyclic) bond motifs is 1. The van der Waals surface area contributed by atoms with Crippen LogP contribution >= 0.6 is 11.3 Å². The zero-order valence-electron chi connectivity index (χ0n) is 16.0. The van der Waals surface area contributed by atoms with Gasteiger partial charge in [-0.05, 0) is 49.3 Å². The first-order valence-electron chi connectivity index (χ1n) is 10.0. The molecule has 1 aromatic carbocycles. The average Bonchev–Trinajstić information content (AvgIpc) is 3.37. The summed E-state index contributed by atoms with van der Waals surface area (Å²) in [6, 6.07) is 11.4. The Labute approximate surface area is 174 Å². The Morgan fingerprint density at radius 3 is 2.76 bits per heavy atom. The van der Waals surface area contributed by atoms with E-state index in [1.54, 1.807) is 29.5 Å². The summed E-state index contributed by atoms with van der Waals surface area (Å²) < 4.78 is 28.9. The Balaban J connectivity index is 1.36. The monoisotopic (exact) mass is 429 g/mol. The Morgan fingerprint density at radius 2 is 2.00 bits per heavy atom. The minimum atomic E-state index is -3.64. The maximum atomic E-state index is 13.4. The van der Waals surface area contributed by atoms with Gasteiger partial charge in [0.15, 0.2) is 5.84 Å². The highest BCUT2D eigenvalue weighted by Crippen LogP contribution is 2.34. The first-order valence-corrected chi connectivity index (χ1v) is 12.4. The lowest BCUT2D eigenvalue weighted by Gasteiger charge is -2.36. The van der Waals surface area contributed by atoms with Gasteiger partial charge in [0.05, 0.1) is 12.5 Å².